The quantitative estimate of drug-likeness (QED) is 0.755. The van der Waals surface area contributed by atoms with Gasteiger partial charge in [-0.15, -0.1) is 0 Å². The fourth-order valence-corrected chi connectivity index (χ4v) is 2.74. The third kappa shape index (κ3) is 3.22. The summed E-state index contributed by atoms with van der Waals surface area (Å²) in [6.45, 7) is 4.53. The second-order valence-corrected chi connectivity index (χ2v) is 5.18. The standard InChI is InChI=1S/C13H23N3O2/c1-2-16(9-10-5-3-4-8-14-10)13(18)11-6-7-12(17)15-11/h10-11,14H,2-9H2,1H3,(H,15,17). The van der Waals surface area contributed by atoms with Gasteiger partial charge in [0.2, 0.25) is 11.8 Å². The van der Waals surface area contributed by atoms with Gasteiger partial charge >= 0.3 is 0 Å². The lowest BCUT2D eigenvalue weighted by atomic mass is 10.0. The molecule has 2 amide bonds. The van der Waals surface area contributed by atoms with E-state index in [9.17, 15) is 9.59 Å². The second-order valence-electron chi connectivity index (χ2n) is 5.18. The van der Waals surface area contributed by atoms with Crippen LogP contribution < -0.4 is 10.6 Å². The molecule has 0 saturated carbocycles. The molecule has 0 aromatic carbocycles. The first-order chi connectivity index (χ1) is 8.70. The molecule has 2 heterocycles. The van der Waals surface area contributed by atoms with Crippen molar-refractivity contribution >= 4 is 11.8 Å². The maximum absolute atomic E-state index is 12.3. The van der Waals surface area contributed by atoms with Gasteiger partial charge in [-0.25, -0.2) is 0 Å². The topological polar surface area (TPSA) is 61.4 Å². The molecule has 0 aliphatic carbocycles. The highest BCUT2D eigenvalue weighted by Gasteiger charge is 2.31. The van der Waals surface area contributed by atoms with Gasteiger partial charge in [-0.3, -0.25) is 9.59 Å². The van der Waals surface area contributed by atoms with Crippen LogP contribution in [0, 0.1) is 0 Å². The molecule has 102 valence electrons. The number of amides is 2. The second kappa shape index (κ2) is 6.18. The van der Waals surface area contributed by atoms with E-state index in [1.54, 1.807) is 0 Å². The average Bonchev–Trinajstić information content (AvgIpc) is 2.83. The third-order valence-corrected chi connectivity index (χ3v) is 3.84. The molecule has 2 rings (SSSR count). The Morgan fingerprint density at radius 2 is 2.22 bits per heavy atom. The zero-order valence-corrected chi connectivity index (χ0v) is 11.1. The first-order valence-electron chi connectivity index (χ1n) is 7.02. The fraction of sp³-hybridized carbons (Fsp3) is 0.846. The minimum absolute atomic E-state index is 0.000180. The van der Waals surface area contributed by atoms with Crippen molar-refractivity contribution in [1.29, 1.82) is 0 Å². The van der Waals surface area contributed by atoms with E-state index in [0.29, 0.717) is 25.4 Å². The van der Waals surface area contributed by atoms with Crippen molar-refractivity contribution in [1.82, 2.24) is 15.5 Å². The Morgan fingerprint density at radius 3 is 2.78 bits per heavy atom. The molecule has 2 saturated heterocycles. The van der Waals surface area contributed by atoms with Gasteiger partial charge in [0, 0.05) is 25.6 Å². The molecule has 2 atom stereocenters. The molecule has 0 spiro atoms. The van der Waals surface area contributed by atoms with Gasteiger partial charge in [0.05, 0.1) is 0 Å². The van der Waals surface area contributed by atoms with E-state index in [-0.39, 0.29) is 17.9 Å². The van der Waals surface area contributed by atoms with Crippen LogP contribution in [0.25, 0.3) is 0 Å². The third-order valence-electron chi connectivity index (χ3n) is 3.84. The number of likely N-dealkylation sites (N-methyl/N-ethyl adjacent to an activating group) is 1. The lowest BCUT2D eigenvalue weighted by molar-refractivity contribution is -0.134. The van der Waals surface area contributed by atoms with E-state index >= 15 is 0 Å². The van der Waals surface area contributed by atoms with Crippen LogP contribution in [0.1, 0.15) is 39.0 Å². The predicted molar refractivity (Wildman–Crippen MR) is 69.1 cm³/mol. The summed E-state index contributed by atoms with van der Waals surface area (Å²) in [6.07, 6.45) is 4.74. The molecular weight excluding hydrogens is 230 g/mol. The van der Waals surface area contributed by atoms with Gasteiger partial charge in [-0.2, -0.15) is 0 Å². The summed E-state index contributed by atoms with van der Waals surface area (Å²) in [5.74, 6) is 0.0796. The van der Waals surface area contributed by atoms with Crippen LogP contribution in [0.4, 0.5) is 0 Å². The monoisotopic (exact) mass is 253 g/mol. The maximum atomic E-state index is 12.3. The van der Waals surface area contributed by atoms with Gasteiger partial charge in [0.1, 0.15) is 6.04 Å². The SMILES string of the molecule is CCN(CC1CCCCN1)C(=O)C1CCC(=O)N1. The average molecular weight is 253 g/mol. The number of carbonyl (C=O) groups excluding carboxylic acids is 2. The largest absolute Gasteiger partial charge is 0.344 e. The number of nitrogens with zero attached hydrogens (tertiary/aromatic N) is 1. The van der Waals surface area contributed by atoms with Crippen molar-refractivity contribution in [3.8, 4) is 0 Å². The Hall–Kier alpha value is -1.10. The highest BCUT2D eigenvalue weighted by molar-refractivity contribution is 5.90. The lowest BCUT2D eigenvalue weighted by Gasteiger charge is -2.31. The van der Waals surface area contributed by atoms with Crippen LogP contribution in [0.5, 0.6) is 0 Å². The number of hydrogen-bond acceptors (Lipinski definition) is 3. The van der Waals surface area contributed by atoms with Gasteiger partial charge in [0.15, 0.2) is 0 Å². The molecule has 5 heteroatoms. The van der Waals surface area contributed by atoms with Gasteiger partial charge in [-0.05, 0) is 32.7 Å². The summed E-state index contributed by atoms with van der Waals surface area (Å²) in [5.41, 5.74) is 0. The number of hydrogen-bond donors (Lipinski definition) is 2. The maximum Gasteiger partial charge on any atom is 0.245 e. The van der Waals surface area contributed by atoms with Crippen molar-refractivity contribution < 1.29 is 9.59 Å². The minimum Gasteiger partial charge on any atom is -0.344 e. The molecule has 0 radical (unpaired) electrons. The molecule has 5 nitrogen and oxygen atoms in total. The number of carbonyl (C=O) groups is 2. The van der Waals surface area contributed by atoms with Crippen LogP contribution in [0.15, 0.2) is 0 Å². The Kier molecular flexibility index (Phi) is 4.58. The predicted octanol–water partition coefficient (Wildman–Crippen LogP) is 0.256. The highest BCUT2D eigenvalue weighted by atomic mass is 16.2. The number of piperidine rings is 1. The molecule has 0 aromatic heterocycles. The van der Waals surface area contributed by atoms with Gasteiger partial charge in [-0.1, -0.05) is 6.42 Å². The van der Waals surface area contributed by atoms with Gasteiger partial charge in [0.25, 0.3) is 0 Å². The van der Waals surface area contributed by atoms with Crippen LogP contribution in [0.2, 0.25) is 0 Å². The molecular formula is C13H23N3O2. The van der Waals surface area contributed by atoms with E-state index in [2.05, 4.69) is 10.6 Å². The van der Waals surface area contributed by atoms with Crippen LogP contribution >= 0.6 is 0 Å². The van der Waals surface area contributed by atoms with E-state index in [1.165, 1.54) is 12.8 Å². The van der Waals surface area contributed by atoms with E-state index in [1.807, 2.05) is 11.8 Å². The minimum atomic E-state index is -0.291. The molecule has 0 bridgehead atoms. The fourth-order valence-electron chi connectivity index (χ4n) is 2.74. The zero-order valence-electron chi connectivity index (χ0n) is 11.1. The van der Waals surface area contributed by atoms with Crippen molar-refractivity contribution in [3.05, 3.63) is 0 Å². The summed E-state index contributed by atoms with van der Waals surface area (Å²) in [5, 5.41) is 6.21. The summed E-state index contributed by atoms with van der Waals surface area (Å²) >= 11 is 0. The van der Waals surface area contributed by atoms with Crippen molar-refractivity contribution in [2.75, 3.05) is 19.6 Å². The summed E-state index contributed by atoms with van der Waals surface area (Å²) in [4.78, 5) is 25.3. The molecule has 2 N–H and O–H groups in total. The Balaban J connectivity index is 1.86. The van der Waals surface area contributed by atoms with Crippen LogP contribution in [-0.2, 0) is 9.59 Å². The van der Waals surface area contributed by atoms with E-state index < -0.39 is 0 Å². The number of rotatable bonds is 4. The Morgan fingerprint density at radius 1 is 1.39 bits per heavy atom. The van der Waals surface area contributed by atoms with Crippen molar-refractivity contribution in [2.45, 2.75) is 51.1 Å². The summed E-state index contributed by atoms with van der Waals surface area (Å²) in [6, 6.07) is 0.126. The van der Waals surface area contributed by atoms with E-state index in [0.717, 1.165) is 19.5 Å². The number of nitrogens with one attached hydrogen (secondary N) is 2. The lowest BCUT2D eigenvalue weighted by Crippen LogP contribution is -2.50. The summed E-state index contributed by atoms with van der Waals surface area (Å²) < 4.78 is 0. The van der Waals surface area contributed by atoms with Crippen LogP contribution in [-0.4, -0.2) is 48.4 Å². The molecule has 2 unspecified atom stereocenters. The Labute approximate surface area is 108 Å². The molecule has 18 heavy (non-hydrogen) atoms. The molecule has 2 fully saturated rings. The van der Waals surface area contributed by atoms with Crippen molar-refractivity contribution in [2.24, 2.45) is 0 Å². The zero-order chi connectivity index (χ0) is 13.0. The first-order valence-corrected chi connectivity index (χ1v) is 7.02. The molecule has 2 aliphatic rings. The smallest absolute Gasteiger partial charge is 0.245 e. The van der Waals surface area contributed by atoms with Crippen LogP contribution in [0.3, 0.4) is 0 Å². The van der Waals surface area contributed by atoms with Gasteiger partial charge < -0.3 is 15.5 Å². The Bertz CT molecular complexity index is 313. The first kappa shape index (κ1) is 13.3. The van der Waals surface area contributed by atoms with E-state index in [4.69, 9.17) is 0 Å². The van der Waals surface area contributed by atoms with Crippen molar-refractivity contribution in [3.63, 3.8) is 0 Å². The highest BCUT2D eigenvalue weighted by Crippen LogP contribution is 2.13. The summed E-state index contributed by atoms with van der Waals surface area (Å²) in [7, 11) is 0. The molecule has 0 aromatic rings. The normalized spacial score (nSPS) is 27.9. The molecule has 2 aliphatic heterocycles.